The highest BCUT2D eigenvalue weighted by atomic mass is 79.9. The molecular formula is C20H11BrClFN2O2. The first-order valence-corrected chi connectivity index (χ1v) is 9.10. The highest BCUT2D eigenvalue weighted by Gasteiger charge is 2.14. The molecule has 0 fully saturated rings. The molecule has 0 bridgehead atoms. The maximum absolute atomic E-state index is 13.9. The number of hydrogen-bond donors (Lipinski definition) is 1. The zero-order valence-corrected chi connectivity index (χ0v) is 16.0. The third-order valence-electron chi connectivity index (χ3n) is 3.92. The fourth-order valence-corrected chi connectivity index (χ4v) is 3.19. The molecule has 1 heterocycles. The minimum Gasteiger partial charge on any atom is -0.436 e. The predicted molar refractivity (Wildman–Crippen MR) is 107 cm³/mol. The number of nitrogens with one attached hydrogen (secondary N) is 1. The largest absolute Gasteiger partial charge is 0.436 e. The molecular weight excluding hydrogens is 435 g/mol. The number of rotatable bonds is 3. The van der Waals surface area contributed by atoms with E-state index in [1.165, 1.54) is 6.07 Å². The number of nitrogens with zero attached hydrogens (tertiary/aromatic N) is 1. The van der Waals surface area contributed by atoms with Crippen LogP contribution in [0.4, 0.5) is 10.1 Å². The minimum absolute atomic E-state index is 0.182. The number of carbonyl (C=O) groups is 1. The number of benzene rings is 3. The van der Waals surface area contributed by atoms with Crippen molar-refractivity contribution in [3.05, 3.63) is 81.5 Å². The summed E-state index contributed by atoms with van der Waals surface area (Å²) in [6.07, 6.45) is 0. The summed E-state index contributed by atoms with van der Waals surface area (Å²) in [7, 11) is 0. The van der Waals surface area contributed by atoms with E-state index in [4.69, 9.17) is 16.0 Å². The second-order valence-corrected chi connectivity index (χ2v) is 7.08. The summed E-state index contributed by atoms with van der Waals surface area (Å²) in [5, 5.41) is 3.13. The van der Waals surface area contributed by atoms with Crippen LogP contribution in [0.2, 0.25) is 5.02 Å². The van der Waals surface area contributed by atoms with Crippen LogP contribution in [-0.4, -0.2) is 10.9 Å². The fraction of sp³-hybridized carbons (Fsp3) is 0. The standard InChI is InChI=1S/C20H11BrClFN2O2/c21-11-5-7-15(22)14(9-11)19(26)24-12-6-8-18-17(10-12)25-20(27-18)13-3-1-2-4-16(13)23/h1-10H,(H,24,26). The number of halogens is 3. The van der Waals surface area contributed by atoms with E-state index in [1.54, 1.807) is 54.6 Å². The summed E-state index contributed by atoms with van der Waals surface area (Å²) < 4.78 is 20.3. The molecule has 1 N–H and O–H groups in total. The molecule has 0 saturated carbocycles. The number of hydrogen-bond acceptors (Lipinski definition) is 3. The van der Waals surface area contributed by atoms with Crippen molar-refractivity contribution in [1.29, 1.82) is 0 Å². The lowest BCUT2D eigenvalue weighted by molar-refractivity contribution is 0.102. The first-order valence-electron chi connectivity index (χ1n) is 7.93. The van der Waals surface area contributed by atoms with Gasteiger partial charge in [-0.05, 0) is 48.5 Å². The van der Waals surface area contributed by atoms with E-state index in [0.717, 1.165) is 4.47 Å². The average molecular weight is 446 g/mol. The number of carbonyl (C=O) groups excluding carboxylic acids is 1. The molecule has 0 spiro atoms. The van der Waals surface area contributed by atoms with Gasteiger partial charge in [0.1, 0.15) is 11.3 Å². The molecule has 3 aromatic carbocycles. The summed E-state index contributed by atoms with van der Waals surface area (Å²) in [5.74, 6) is -0.582. The van der Waals surface area contributed by atoms with Crippen molar-refractivity contribution in [2.24, 2.45) is 0 Å². The van der Waals surface area contributed by atoms with Gasteiger partial charge in [0.05, 0.1) is 16.1 Å². The van der Waals surface area contributed by atoms with E-state index in [0.29, 0.717) is 27.4 Å². The molecule has 4 nitrogen and oxygen atoms in total. The van der Waals surface area contributed by atoms with Crippen LogP contribution < -0.4 is 5.32 Å². The van der Waals surface area contributed by atoms with E-state index in [2.05, 4.69) is 26.2 Å². The molecule has 134 valence electrons. The van der Waals surface area contributed by atoms with Gasteiger partial charge < -0.3 is 9.73 Å². The first-order chi connectivity index (χ1) is 13.0. The molecule has 7 heteroatoms. The van der Waals surface area contributed by atoms with Crippen molar-refractivity contribution >= 4 is 50.2 Å². The van der Waals surface area contributed by atoms with Crippen LogP contribution in [-0.2, 0) is 0 Å². The van der Waals surface area contributed by atoms with E-state index >= 15 is 0 Å². The van der Waals surface area contributed by atoms with Crippen LogP contribution in [0.3, 0.4) is 0 Å². The van der Waals surface area contributed by atoms with Crippen LogP contribution >= 0.6 is 27.5 Å². The average Bonchev–Trinajstić information content (AvgIpc) is 3.07. The van der Waals surface area contributed by atoms with Crippen LogP contribution in [0, 0.1) is 5.82 Å². The van der Waals surface area contributed by atoms with Crippen molar-refractivity contribution in [2.75, 3.05) is 5.32 Å². The quantitative estimate of drug-likeness (QED) is 0.402. The van der Waals surface area contributed by atoms with Crippen LogP contribution in [0.15, 0.2) is 69.6 Å². The molecule has 4 rings (SSSR count). The van der Waals surface area contributed by atoms with Gasteiger partial charge in [0.25, 0.3) is 5.91 Å². The number of anilines is 1. The normalized spacial score (nSPS) is 10.9. The second-order valence-electron chi connectivity index (χ2n) is 5.76. The van der Waals surface area contributed by atoms with E-state index in [1.807, 2.05) is 0 Å². The van der Waals surface area contributed by atoms with Gasteiger partial charge in [-0.3, -0.25) is 4.79 Å². The van der Waals surface area contributed by atoms with E-state index < -0.39 is 5.82 Å². The fourth-order valence-electron chi connectivity index (χ4n) is 2.62. The van der Waals surface area contributed by atoms with Gasteiger partial charge in [-0.1, -0.05) is 39.7 Å². The van der Waals surface area contributed by atoms with E-state index in [9.17, 15) is 9.18 Å². The molecule has 0 unspecified atom stereocenters. The van der Waals surface area contributed by atoms with Crippen LogP contribution in [0.25, 0.3) is 22.6 Å². The first kappa shape index (κ1) is 17.7. The summed E-state index contributed by atoms with van der Waals surface area (Å²) in [6.45, 7) is 0. The third kappa shape index (κ3) is 3.59. The van der Waals surface area contributed by atoms with Crippen molar-refractivity contribution in [2.45, 2.75) is 0 Å². The van der Waals surface area contributed by atoms with Gasteiger partial charge in [0.15, 0.2) is 5.58 Å². The zero-order valence-electron chi connectivity index (χ0n) is 13.7. The van der Waals surface area contributed by atoms with Gasteiger partial charge >= 0.3 is 0 Å². The molecule has 4 aromatic rings. The Kier molecular flexibility index (Phi) is 4.68. The molecule has 0 aliphatic heterocycles. The lowest BCUT2D eigenvalue weighted by Crippen LogP contribution is -2.12. The Balaban J connectivity index is 1.65. The number of oxazole rings is 1. The van der Waals surface area contributed by atoms with Crippen molar-refractivity contribution in [3.8, 4) is 11.5 Å². The maximum Gasteiger partial charge on any atom is 0.257 e. The zero-order chi connectivity index (χ0) is 19.0. The number of amides is 1. The topological polar surface area (TPSA) is 55.1 Å². The SMILES string of the molecule is O=C(Nc1ccc2oc(-c3ccccc3F)nc2c1)c1cc(Br)ccc1Cl. The molecule has 0 aliphatic rings. The summed E-state index contributed by atoms with van der Waals surface area (Å²) in [4.78, 5) is 16.8. The maximum atomic E-state index is 13.9. The van der Waals surface area contributed by atoms with Gasteiger partial charge in [0.2, 0.25) is 5.89 Å². The number of aromatic nitrogens is 1. The van der Waals surface area contributed by atoms with E-state index in [-0.39, 0.29) is 17.4 Å². The van der Waals surface area contributed by atoms with Crippen LogP contribution in [0.5, 0.6) is 0 Å². The molecule has 27 heavy (non-hydrogen) atoms. The lowest BCUT2D eigenvalue weighted by Gasteiger charge is -2.07. The second kappa shape index (κ2) is 7.13. The summed E-state index contributed by atoms with van der Waals surface area (Å²) in [5.41, 5.74) is 2.15. The lowest BCUT2D eigenvalue weighted by atomic mass is 10.2. The highest BCUT2D eigenvalue weighted by Crippen LogP contribution is 2.28. The Labute approximate surface area is 167 Å². The van der Waals surface area contributed by atoms with Crippen LogP contribution in [0.1, 0.15) is 10.4 Å². The molecule has 1 aromatic heterocycles. The summed E-state index contributed by atoms with van der Waals surface area (Å²) in [6, 6.07) is 16.3. The molecule has 0 aliphatic carbocycles. The van der Waals surface area contributed by atoms with Gasteiger partial charge in [0, 0.05) is 10.2 Å². The molecule has 0 saturated heterocycles. The molecule has 1 amide bonds. The van der Waals surface area contributed by atoms with Crippen molar-refractivity contribution in [1.82, 2.24) is 4.98 Å². The van der Waals surface area contributed by atoms with Gasteiger partial charge in [-0.15, -0.1) is 0 Å². The Bertz CT molecular complexity index is 1180. The van der Waals surface area contributed by atoms with Gasteiger partial charge in [-0.25, -0.2) is 9.37 Å². The Morgan fingerprint density at radius 2 is 1.93 bits per heavy atom. The molecule has 0 atom stereocenters. The Hall–Kier alpha value is -2.70. The Morgan fingerprint density at radius 1 is 1.11 bits per heavy atom. The minimum atomic E-state index is -0.415. The highest BCUT2D eigenvalue weighted by molar-refractivity contribution is 9.10. The Morgan fingerprint density at radius 3 is 2.74 bits per heavy atom. The van der Waals surface area contributed by atoms with Crippen molar-refractivity contribution in [3.63, 3.8) is 0 Å². The molecule has 0 radical (unpaired) electrons. The number of fused-ring (bicyclic) bond motifs is 1. The monoisotopic (exact) mass is 444 g/mol. The predicted octanol–water partition coefficient (Wildman–Crippen LogP) is 6.30. The smallest absolute Gasteiger partial charge is 0.257 e. The van der Waals surface area contributed by atoms with Crippen molar-refractivity contribution < 1.29 is 13.6 Å². The third-order valence-corrected chi connectivity index (χ3v) is 4.75. The summed E-state index contributed by atoms with van der Waals surface area (Å²) >= 11 is 9.42. The van der Waals surface area contributed by atoms with Gasteiger partial charge in [-0.2, -0.15) is 0 Å².